The molecule has 0 aromatic carbocycles. The molecular formula is C13H20N2S2. The van der Waals surface area contributed by atoms with Crippen molar-refractivity contribution in [3.8, 4) is 0 Å². The predicted octanol–water partition coefficient (Wildman–Crippen LogP) is 2.58. The molecule has 1 aliphatic heterocycles. The average molecular weight is 268 g/mol. The lowest BCUT2D eigenvalue weighted by Crippen LogP contribution is -2.41. The zero-order valence-corrected chi connectivity index (χ0v) is 12.0. The van der Waals surface area contributed by atoms with E-state index in [0.29, 0.717) is 10.5 Å². The molecule has 1 aromatic heterocycles. The molecule has 1 aliphatic rings. The third kappa shape index (κ3) is 3.63. The summed E-state index contributed by atoms with van der Waals surface area (Å²) >= 11 is 4.12. The Hall–Kier alpha value is -0.190. The average Bonchev–Trinajstić information content (AvgIpc) is 2.34. The van der Waals surface area contributed by atoms with Gasteiger partial charge in [0.15, 0.2) is 0 Å². The van der Waals surface area contributed by atoms with Gasteiger partial charge in [-0.05, 0) is 24.1 Å². The van der Waals surface area contributed by atoms with Gasteiger partial charge in [0.25, 0.3) is 0 Å². The fraction of sp³-hybridized carbons (Fsp3) is 0.615. The van der Waals surface area contributed by atoms with E-state index in [1.165, 1.54) is 11.3 Å². The van der Waals surface area contributed by atoms with E-state index in [2.05, 4.69) is 54.5 Å². The van der Waals surface area contributed by atoms with Gasteiger partial charge in [-0.1, -0.05) is 13.8 Å². The van der Waals surface area contributed by atoms with Crippen LogP contribution in [0.2, 0.25) is 0 Å². The van der Waals surface area contributed by atoms with Crippen LogP contribution in [-0.4, -0.2) is 32.5 Å². The summed E-state index contributed by atoms with van der Waals surface area (Å²) in [5.41, 5.74) is 7.63. The first-order valence-corrected chi connectivity index (χ1v) is 8.07. The van der Waals surface area contributed by atoms with E-state index < -0.39 is 0 Å². The van der Waals surface area contributed by atoms with Gasteiger partial charge in [0.2, 0.25) is 0 Å². The lowest BCUT2D eigenvalue weighted by molar-refractivity contribution is 0.656. The normalized spacial score (nSPS) is 31.1. The van der Waals surface area contributed by atoms with Gasteiger partial charge in [-0.2, -0.15) is 23.5 Å². The predicted molar refractivity (Wildman–Crippen MR) is 78.7 cm³/mol. The molecule has 0 radical (unpaired) electrons. The molecule has 1 saturated heterocycles. The van der Waals surface area contributed by atoms with Gasteiger partial charge in [-0.25, -0.2) is 0 Å². The molecule has 0 saturated carbocycles. The second-order valence-electron chi connectivity index (χ2n) is 4.64. The molecule has 2 nitrogen and oxygen atoms in total. The van der Waals surface area contributed by atoms with Crippen LogP contribution in [0.25, 0.3) is 0 Å². The van der Waals surface area contributed by atoms with Gasteiger partial charge in [-0.15, -0.1) is 0 Å². The first kappa shape index (κ1) is 13.2. The van der Waals surface area contributed by atoms with Crippen molar-refractivity contribution in [3.63, 3.8) is 0 Å². The zero-order chi connectivity index (χ0) is 12.3. The summed E-state index contributed by atoms with van der Waals surface area (Å²) in [6.07, 6.45) is 4.65. The van der Waals surface area contributed by atoms with E-state index in [-0.39, 0.29) is 6.04 Å². The van der Waals surface area contributed by atoms with Crippen LogP contribution in [0.5, 0.6) is 0 Å². The van der Waals surface area contributed by atoms with Gasteiger partial charge in [0.05, 0.1) is 0 Å². The van der Waals surface area contributed by atoms with Crippen LogP contribution in [0.4, 0.5) is 0 Å². The number of thioether (sulfide) groups is 2. The van der Waals surface area contributed by atoms with E-state index in [1.807, 2.05) is 12.4 Å². The minimum absolute atomic E-state index is 0.254. The molecule has 4 unspecified atom stereocenters. The number of nitrogens with zero attached hydrogens (tertiary/aromatic N) is 1. The third-order valence-corrected chi connectivity index (χ3v) is 6.84. The molecule has 17 heavy (non-hydrogen) atoms. The maximum absolute atomic E-state index is 6.33. The Morgan fingerprint density at radius 2 is 2.06 bits per heavy atom. The lowest BCUT2D eigenvalue weighted by Gasteiger charge is -2.34. The van der Waals surface area contributed by atoms with E-state index >= 15 is 0 Å². The number of hydrogen-bond donors (Lipinski definition) is 1. The highest BCUT2D eigenvalue weighted by atomic mass is 32.2. The van der Waals surface area contributed by atoms with Crippen molar-refractivity contribution >= 4 is 23.5 Å². The summed E-state index contributed by atoms with van der Waals surface area (Å²) < 4.78 is 0. The first-order chi connectivity index (χ1) is 8.16. The van der Waals surface area contributed by atoms with Crippen molar-refractivity contribution in [2.45, 2.75) is 42.1 Å². The van der Waals surface area contributed by atoms with Crippen LogP contribution in [-0.2, 0) is 6.42 Å². The van der Waals surface area contributed by atoms with Crippen LogP contribution < -0.4 is 5.73 Å². The van der Waals surface area contributed by atoms with Crippen LogP contribution in [0.3, 0.4) is 0 Å². The Kier molecular flexibility index (Phi) is 4.77. The SMILES string of the molecule is CC1SCC(C(N)Cc2ccncc2)SC1C. The molecule has 0 spiro atoms. The molecule has 4 atom stereocenters. The fourth-order valence-electron chi connectivity index (χ4n) is 1.95. The second kappa shape index (κ2) is 6.12. The van der Waals surface area contributed by atoms with Crippen molar-refractivity contribution < 1.29 is 0 Å². The van der Waals surface area contributed by atoms with E-state index in [9.17, 15) is 0 Å². The molecule has 2 rings (SSSR count). The molecule has 94 valence electrons. The minimum atomic E-state index is 0.254. The molecule has 0 amide bonds. The first-order valence-electron chi connectivity index (χ1n) is 6.08. The Labute approximate surface area is 112 Å². The van der Waals surface area contributed by atoms with Gasteiger partial charge in [-0.3, -0.25) is 4.98 Å². The van der Waals surface area contributed by atoms with Crippen LogP contribution >= 0.6 is 23.5 Å². The Morgan fingerprint density at radius 1 is 1.35 bits per heavy atom. The minimum Gasteiger partial charge on any atom is -0.326 e. The number of rotatable bonds is 3. The van der Waals surface area contributed by atoms with Gasteiger partial charge >= 0.3 is 0 Å². The topological polar surface area (TPSA) is 38.9 Å². The highest BCUT2D eigenvalue weighted by Gasteiger charge is 2.29. The van der Waals surface area contributed by atoms with Gasteiger partial charge in [0.1, 0.15) is 0 Å². The molecule has 1 fully saturated rings. The quantitative estimate of drug-likeness (QED) is 0.914. The monoisotopic (exact) mass is 268 g/mol. The summed E-state index contributed by atoms with van der Waals surface area (Å²) in [6.45, 7) is 4.63. The fourth-order valence-corrected chi connectivity index (χ4v) is 5.02. The largest absolute Gasteiger partial charge is 0.326 e. The van der Waals surface area contributed by atoms with Crippen LogP contribution in [0, 0.1) is 0 Å². The number of pyridine rings is 1. The van der Waals surface area contributed by atoms with Crippen molar-refractivity contribution in [2.24, 2.45) is 5.73 Å². The highest BCUT2D eigenvalue weighted by molar-refractivity contribution is 8.07. The summed E-state index contributed by atoms with van der Waals surface area (Å²) in [4.78, 5) is 4.04. The maximum atomic E-state index is 6.33. The standard InChI is InChI=1S/C13H20N2S2/c1-9-10(2)17-13(8-16-9)12(14)7-11-3-5-15-6-4-11/h3-6,9-10,12-13H,7-8,14H2,1-2H3. The van der Waals surface area contributed by atoms with Crippen molar-refractivity contribution in [2.75, 3.05) is 5.75 Å². The molecular weight excluding hydrogens is 248 g/mol. The Morgan fingerprint density at radius 3 is 2.71 bits per heavy atom. The summed E-state index contributed by atoms with van der Waals surface area (Å²) in [5.74, 6) is 1.18. The molecule has 4 heteroatoms. The second-order valence-corrected chi connectivity index (χ2v) is 7.67. The zero-order valence-electron chi connectivity index (χ0n) is 10.4. The third-order valence-electron chi connectivity index (χ3n) is 3.27. The molecule has 0 bridgehead atoms. The highest BCUT2D eigenvalue weighted by Crippen LogP contribution is 2.37. The summed E-state index contributed by atoms with van der Waals surface area (Å²) in [6, 6.07) is 4.38. The molecule has 1 aromatic rings. The van der Waals surface area contributed by atoms with E-state index in [1.54, 1.807) is 0 Å². The van der Waals surface area contributed by atoms with Crippen LogP contribution in [0.15, 0.2) is 24.5 Å². The van der Waals surface area contributed by atoms with Crippen molar-refractivity contribution in [3.05, 3.63) is 30.1 Å². The number of aromatic nitrogens is 1. The number of nitrogens with two attached hydrogens (primary N) is 1. The summed E-state index contributed by atoms with van der Waals surface area (Å²) in [5, 5.41) is 2.05. The van der Waals surface area contributed by atoms with Crippen molar-refractivity contribution in [1.82, 2.24) is 4.98 Å². The van der Waals surface area contributed by atoms with E-state index in [4.69, 9.17) is 5.73 Å². The van der Waals surface area contributed by atoms with Crippen LogP contribution in [0.1, 0.15) is 19.4 Å². The Bertz CT molecular complexity index is 345. The summed E-state index contributed by atoms with van der Waals surface area (Å²) in [7, 11) is 0. The number of hydrogen-bond acceptors (Lipinski definition) is 4. The molecule has 2 N–H and O–H groups in total. The Balaban J connectivity index is 1.90. The smallest absolute Gasteiger partial charge is 0.0295 e. The molecule has 0 aliphatic carbocycles. The van der Waals surface area contributed by atoms with Crippen molar-refractivity contribution in [1.29, 1.82) is 0 Å². The van der Waals surface area contributed by atoms with Gasteiger partial charge in [0, 0.05) is 39.9 Å². The van der Waals surface area contributed by atoms with E-state index in [0.717, 1.165) is 11.7 Å². The lowest BCUT2D eigenvalue weighted by atomic mass is 10.1. The van der Waals surface area contributed by atoms with Gasteiger partial charge < -0.3 is 5.73 Å². The maximum Gasteiger partial charge on any atom is 0.0295 e. The molecule has 2 heterocycles.